The molecule has 1 rings (SSSR count). The first-order chi connectivity index (χ1) is 9.27. The van der Waals surface area contributed by atoms with Crippen molar-refractivity contribution in [3.63, 3.8) is 0 Å². The molecule has 19 heavy (non-hydrogen) atoms. The summed E-state index contributed by atoms with van der Waals surface area (Å²) in [5, 5.41) is 3.29. The zero-order chi connectivity index (χ0) is 13.9. The lowest BCUT2D eigenvalue weighted by atomic mass is 10.2. The van der Waals surface area contributed by atoms with E-state index in [1.165, 1.54) is 6.26 Å². The van der Waals surface area contributed by atoms with Gasteiger partial charge >= 0.3 is 5.97 Å². The molecule has 1 aromatic carbocycles. The minimum absolute atomic E-state index is 0.224. The smallest absolute Gasteiger partial charge is 0.338 e. The van der Waals surface area contributed by atoms with Crippen LogP contribution in [0.5, 0.6) is 0 Å². The number of carbonyl (C=O) groups is 1. The Labute approximate surface area is 114 Å². The van der Waals surface area contributed by atoms with Gasteiger partial charge in [0.05, 0.1) is 11.8 Å². The van der Waals surface area contributed by atoms with Gasteiger partial charge in [0.2, 0.25) is 0 Å². The third kappa shape index (κ3) is 5.95. The molecule has 0 bridgehead atoms. The molecule has 0 saturated carbocycles. The molecule has 0 spiro atoms. The van der Waals surface area contributed by atoms with E-state index in [9.17, 15) is 4.79 Å². The second-order valence-corrected chi connectivity index (χ2v) is 4.03. The van der Waals surface area contributed by atoms with E-state index in [2.05, 4.69) is 18.8 Å². The number of ether oxygens (including phenoxy) is 2. The van der Waals surface area contributed by atoms with E-state index in [4.69, 9.17) is 9.47 Å². The van der Waals surface area contributed by atoms with E-state index < -0.39 is 0 Å². The summed E-state index contributed by atoms with van der Waals surface area (Å²) < 4.78 is 9.91. The summed E-state index contributed by atoms with van der Waals surface area (Å²) in [6.07, 6.45) is 3.61. The molecule has 0 atom stereocenters. The van der Waals surface area contributed by atoms with Gasteiger partial charge in [-0.1, -0.05) is 19.9 Å². The summed E-state index contributed by atoms with van der Waals surface area (Å²) in [6, 6.07) is 7.27. The molecule has 0 aliphatic carbocycles. The molecule has 0 aliphatic heterocycles. The van der Waals surface area contributed by atoms with Crippen molar-refractivity contribution in [1.29, 1.82) is 0 Å². The zero-order valence-corrected chi connectivity index (χ0v) is 11.4. The van der Waals surface area contributed by atoms with Gasteiger partial charge < -0.3 is 14.8 Å². The van der Waals surface area contributed by atoms with Gasteiger partial charge in [0.1, 0.15) is 13.2 Å². The lowest BCUT2D eigenvalue weighted by Crippen LogP contribution is -2.09. The molecule has 0 aliphatic rings. The van der Waals surface area contributed by atoms with Gasteiger partial charge in [-0.05, 0) is 30.7 Å². The number of hydrogen-bond acceptors (Lipinski definition) is 4. The van der Waals surface area contributed by atoms with Crippen LogP contribution in [-0.2, 0) is 9.47 Å². The first-order valence-corrected chi connectivity index (χ1v) is 6.51. The van der Waals surface area contributed by atoms with Crippen molar-refractivity contribution in [1.82, 2.24) is 0 Å². The Kier molecular flexibility index (Phi) is 7.17. The number of anilines is 1. The number of rotatable bonds is 9. The van der Waals surface area contributed by atoms with Crippen LogP contribution in [0, 0.1) is 0 Å². The summed E-state index contributed by atoms with van der Waals surface area (Å²) >= 11 is 0. The van der Waals surface area contributed by atoms with Gasteiger partial charge in [0.25, 0.3) is 0 Å². The van der Waals surface area contributed by atoms with E-state index in [1.54, 1.807) is 12.1 Å². The highest BCUT2D eigenvalue weighted by Crippen LogP contribution is 2.10. The predicted molar refractivity (Wildman–Crippen MR) is 76.3 cm³/mol. The quantitative estimate of drug-likeness (QED) is 0.422. The Hall–Kier alpha value is -1.97. The Morgan fingerprint density at radius 3 is 2.68 bits per heavy atom. The van der Waals surface area contributed by atoms with E-state index in [1.807, 2.05) is 12.1 Å². The minimum Gasteiger partial charge on any atom is -0.498 e. The molecule has 4 heteroatoms. The average Bonchev–Trinajstić information content (AvgIpc) is 2.44. The van der Waals surface area contributed by atoms with E-state index in [0.29, 0.717) is 12.2 Å². The predicted octanol–water partition coefficient (Wildman–Crippen LogP) is 3.22. The summed E-state index contributed by atoms with van der Waals surface area (Å²) in [6.45, 7) is 7.05. The number of unbranched alkanes of at least 4 members (excludes halogenated alkanes) is 1. The molecule has 0 aromatic heterocycles. The fourth-order valence-corrected chi connectivity index (χ4v) is 1.48. The van der Waals surface area contributed by atoms with Crippen molar-refractivity contribution < 1.29 is 14.3 Å². The van der Waals surface area contributed by atoms with Crippen LogP contribution < -0.4 is 5.32 Å². The molecule has 0 radical (unpaired) electrons. The Bertz CT molecular complexity index is 387. The van der Waals surface area contributed by atoms with Crippen LogP contribution in [0.15, 0.2) is 37.1 Å². The molecule has 104 valence electrons. The summed E-state index contributed by atoms with van der Waals surface area (Å²) in [7, 11) is 0. The maximum Gasteiger partial charge on any atom is 0.338 e. The fraction of sp³-hybridized carbons (Fsp3) is 0.400. The summed E-state index contributed by atoms with van der Waals surface area (Å²) in [5.41, 5.74) is 1.56. The van der Waals surface area contributed by atoms with Crippen molar-refractivity contribution in [2.24, 2.45) is 0 Å². The Morgan fingerprint density at radius 1 is 1.32 bits per heavy atom. The second-order valence-electron chi connectivity index (χ2n) is 4.03. The Balaban J connectivity index is 2.37. The van der Waals surface area contributed by atoms with Crippen LogP contribution in [0.25, 0.3) is 0 Å². The normalized spacial score (nSPS) is 9.74. The third-order valence-electron chi connectivity index (χ3n) is 2.53. The van der Waals surface area contributed by atoms with Crippen molar-refractivity contribution in [2.75, 3.05) is 25.1 Å². The van der Waals surface area contributed by atoms with Crippen LogP contribution in [0.4, 0.5) is 5.69 Å². The number of carbonyl (C=O) groups excluding carboxylic acids is 1. The van der Waals surface area contributed by atoms with Crippen LogP contribution in [0.3, 0.4) is 0 Å². The molecule has 0 heterocycles. The van der Waals surface area contributed by atoms with Crippen molar-refractivity contribution in [2.45, 2.75) is 19.8 Å². The van der Waals surface area contributed by atoms with Crippen LogP contribution >= 0.6 is 0 Å². The van der Waals surface area contributed by atoms with Gasteiger partial charge in [-0.15, -0.1) is 0 Å². The number of hydrogen-bond donors (Lipinski definition) is 1. The fourth-order valence-electron chi connectivity index (χ4n) is 1.48. The van der Waals surface area contributed by atoms with Crippen LogP contribution in [0.2, 0.25) is 0 Å². The summed E-state index contributed by atoms with van der Waals surface area (Å²) in [4.78, 5) is 11.7. The van der Waals surface area contributed by atoms with E-state index in [0.717, 1.165) is 25.1 Å². The van der Waals surface area contributed by atoms with Gasteiger partial charge in [0.15, 0.2) is 0 Å². The number of benzene rings is 1. The van der Waals surface area contributed by atoms with Crippen LogP contribution in [0.1, 0.15) is 30.1 Å². The van der Waals surface area contributed by atoms with Gasteiger partial charge in [-0.2, -0.15) is 0 Å². The first-order valence-electron chi connectivity index (χ1n) is 6.51. The molecular formula is C15H21NO3. The maximum absolute atomic E-state index is 11.7. The standard InChI is InChI=1S/C15H21NO3/c1-3-5-10-16-14-8-6-13(7-9-14)15(17)19-12-11-18-4-2/h4,6-9,16H,2-3,5,10-12H2,1H3. The molecule has 0 saturated heterocycles. The molecule has 1 N–H and O–H groups in total. The molecular weight excluding hydrogens is 242 g/mol. The van der Waals surface area contributed by atoms with Gasteiger partial charge in [0, 0.05) is 12.2 Å². The second kappa shape index (κ2) is 9.03. The van der Waals surface area contributed by atoms with Crippen molar-refractivity contribution in [3.8, 4) is 0 Å². The monoisotopic (exact) mass is 263 g/mol. The van der Waals surface area contributed by atoms with E-state index >= 15 is 0 Å². The highest BCUT2D eigenvalue weighted by Gasteiger charge is 2.06. The lowest BCUT2D eigenvalue weighted by Gasteiger charge is -2.07. The topological polar surface area (TPSA) is 47.6 Å². The van der Waals surface area contributed by atoms with E-state index in [-0.39, 0.29) is 12.6 Å². The largest absolute Gasteiger partial charge is 0.498 e. The highest BCUT2D eigenvalue weighted by molar-refractivity contribution is 5.89. The Morgan fingerprint density at radius 2 is 2.05 bits per heavy atom. The highest BCUT2D eigenvalue weighted by atomic mass is 16.6. The summed E-state index contributed by atoms with van der Waals surface area (Å²) in [5.74, 6) is -0.340. The van der Waals surface area contributed by atoms with Gasteiger partial charge in [-0.3, -0.25) is 0 Å². The maximum atomic E-state index is 11.7. The molecule has 0 fully saturated rings. The number of nitrogens with one attached hydrogen (secondary N) is 1. The molecule has 0 amide bonds. The van der Waals surface area contributed by atoms with Crippen LogP contribution in [-0.4, -0.2) is 25.7 Å². The lowest BCUT2D eigenvalue weighted by molar-refractivity contribution is 0.0421. The first kappa shape index (κ1) is 15.1. The molecule has 0 unspecified atom stereocenters. The van der Waals surface area contributed by atoms with Crippen molar-refractivity contribution in [3.05, 3.63) is 42.7 Å². The average molecular weight is 263 g/mol. The van der Waals surface area contributed by atoms with Gasteiger partial charge in [-0.25, -0.2) is 4.79 Å². The van der Waals surface area contributed by atoms with Crippen molar-refractivity contribution >= 4 is 11.7 Å². The third-order valence-corrected chi connectivity index (χ3v) is 2.53. The SMILES string of the molecule is C=COCCOC(=O)c1ccc(NCCCC)cc1. The molecule has 4 nitrogen and oxygen atoms in total. The number of esters is 1. The molecule has 1 aromatic rings. The minimum atomic E-state index is -0.340. The zero-order valence-electron chi connectivity index (χ0n) is 11.4.